The second-order valence-corrected chi connectivity index (χ2v) is 7.96. The van der Waals surface area contributed by atoms with Crippen molar-refractivity contribution in [3.63, 3.8) is 0 Å². The Morgan fingerprint density at radius 1 is 1.27 bits per heavy atom. The van der Waals surface area contributed by atoms with Crippen LogP contribution in [0.2, 0.25) is 0 Å². The van der Waals surface area contributed by atoms with Gasteiger partial charge in [0.25, 0.3) is 0 Å². The number of allylic oxidation sites excluding steroid dienone is 3. The molecule has 0 radical (unpaired) electrons. The molecule has 0 spiro atoms. The van der Waals surface area contributed by atoms with Gasteiger partial charge in [0.2, 0.25) is 0 Å². The maximum Gasteiger partial charge on any atom is 0.166 e. The standard InChI is InChI=1S/C24H31N9/c1-4-7-21(27-5-2)28-16(3)33-22-14-15-32(22)20-9-6-8-19(29-24(20)33)17-10-12-18(13-11-17)23(30-25)31-26/h4-5,7,10-13,22,28H,1,3,6,8-9,14-15,25-26H2,2H3,(H,30,31)/b21-7+,27-5?/t22-/m0/s1. The molecule has 9 heteroatoms. The van der Waals surface area contributed by atoms with Crippen LogP contribution in [-0.2, 0) is 0 Å². The molecule has 0 unspecified atom stereocenters. The van der Waals surface area contributed by atoms with Crippen molar-refractivity contribution in [2.45, 2.75) is 38.8 Å². The molecule has 0 amide bonds. The fourth-order valence-electron chi connectivity index (χ4n) is 4.45. The Hall–Kier alpha value is -3.85. The molecule has 1 aromatic carbocycles. The molecule has 4 rings (SSSR count). The number of hydrogen-bond donors (Lipinski definition) is 4. The summed E-state index contributed by atoms with van der Waals surface area (Å²) in [7, 11) is 0. The van der Waals surface area contributed by atoms with E-state index in [0.717, 1.165) is 60.7 Å². The second-order valence-electron chi connectivity index (χ2n) is 7.96. The summed E-state index contributed by atoms with van der Waals surface area (Å²) in [5.41, 5.74) is 6.74. The number of aliphatic imine (C=N–C) groups is 2. The van der Waals surface area contributed by atoms with Crippen LogP contribution in [0.1, 0.15) is 43.7 Å². The summed E-state index contributed by atoms with van der Waals surface area (Å²) in [5, 5.41) is 7.01. The van der Waals surface area contributed by atoms with E-state index in [2.05, 4.69) is 43.8 Å². The highest BCUT2D eigenvalue weighted by Crippen LogP contribution is 2.43. The molecule has 33 heavy (non-hydrogen) atoms. The van der Waals surface area contributed by atoms with E-state index in [4.69, 9.17) is 16.7 Å². The molecular weight excluding hydrogens is 414 g/mol. The smallest absolute Gasteiger partial charge is 0.166 e. The van der Waals surface area contributed by atoms with Crippen molar-refractivity contribution in [2.75, 3.05) is 6.54 Å². The number of benzene rings is 1. The molecule has 1 aromatic rings. The van der Waals surface area contributed by atoms with Gasteiger partial charge in [0.1, 0.15) is 17.8 Å². The highest BCUT2D eigenvalue weighted by atomic mass is 15.5. The van der Waals surface area contributed by atoms with Crippen molar-refractivity contribution < 1.29 is 0 Å². The van der Waals surface area contributed by atoms with E-state index in [1.165, 1.54) is 5.70 Å². The predicted octanol–water partition coefficient (Wildman–Crippen LogP) is 2.44. The van der Waals surface area contributed by atoms with E-state index in [0.29, 0.717) is 11.7 Å². The minimum absolute atomic E-state index is 0.245. The van der Waals surface area contributed by atoms with Gasteiger partial charge in [-0.05, 0) is 37.8 Å². The van der Waals surface area contributed by atoms with Gasteiger partial charge in [-0.15, -0.1) is 0 Å². The average molecular weight is 446 g/mol. The number of rotatable bonds is 7. The second kappa shape index (κ2) is 9.74. The number of nitrogens with one attached hydrogen (secondary N) is 2. The molecule has 1 atom stereocenters. The first-order valence-corrected chi connectivity index (χ1v) is 11.1. The van der Waals surface area contributed by atoms with Crippen LogP contribution in [0.4, 0.5) is 0 Å². The van der Waals surface area contributed by atoms with Gasteiger partial charge < -0.3 is 21.5 Å². The molecular formula is C24H31N9. The Balaban J connectivity index is 1.65. The first-order valence-electron chi connectivity index (χ1n) is 11.1. The number of nitrogens with zero attached hydrogens (tertiary/aromatic N) is 5. The number of hydrazone groups is 1. The number of hydrogen-bond acceptors (Lipinski definition) is 8. The monoisotopic (exact) mass is 445 g/mol. The lowest BCUT2D eigenvalue weighted by molar-refractivity contribution is 0.0622. The van der Waals surface area contributed by atoms with Crippen LogP contribution in [0.5, 0.6) is 0 Å². The van der Waals surface area contributed by atoms with E-state index in [1.807, 2.05) is 37.3 Å². The van der Waals surface area contributed by atoms with E-state index in [9.17, 15) is 0 Å². The number of hydrazine groups is 1. The maximum absolute atomic E-state index is 5.49. The third kappa shape index (κ3) is 4.27. The van der Waals surface area contributed by atoms with Crippen LogP contribution < -0.4 is 22.4 Å². The van der Waals surface area contributed by atoms with Crippen LogP contribution >= 0.6 is 0 Å². The first-order chi connectivity index (χ1) is 16.1. The Bertz CT molecular complexity index is 1080. The molecule has 0 aromatic heterocycles. The predicted molar refractivity (Wildman–Crippen MR) is 134 cm³/mol. The molecule has 6 N–H and O–H groups in total. The van der Waals surface area contributed by atoms with Crippen LogP contribution in [-0.4, -0.2) is 40.3 Å². The summed E-state index contributed by atoms with van der Waals surface area (Å²) in [5.74, 6) is 13.7. The summed E-state index contributed by atoms with van der Waals surface area (Å²) >= 11 is 0. The largest absolute Gasteiger partial charge is 0.351 e. The zero-order valence-corrected chi connectivity index (χ0v) is 19.0. The number of fused-ring (bicyclic) bond motifs is 2. The zero-order valence-electron chi connectivity index (χ0n) is 19.0. The van der Waals surface area contributed by atoms with Gasteiger partial charge >= 0.3 is 0 Å². The summed E-state index contributed by atoms with van der Waals surface area (Å²) in [4.78, 5) is 14.2. The number of amidine groups is 1. The molecule has 0 bridgehead atoms. The van der Waals surface area contributed by atoms with Crippen molar-refractivity contribution in [1.82, 2.24) is 20.5 Å². The molecule has 1 saturated heterocycles. The molecule has 0 saturated carbocycles. The van der Waals surface area contributed by atoms with Gasteiger partial charge in [-0.2, -0.15) is 5.10 Å². The van der Waals surface area contributed by atoms with Gasteiger partial charge in [0.05, 0.1) is 11.4 Å². The van der Waals surface area contributed by atoms with Gasteiger partial charge in [0.15, 0.2) is 11.7 Å². The average Bonchev–Trinajstić information content (AvgIpc) is 2.91. The SMILES string of the molecule is C=C/C=C(\N=CC)NC(=C)N1C2=C(CCCC(c3ccc(/C(=N/N)NN)cc3)=N2)N2CC[C@@H]21. The van der Waals surface area contributed by atoms with Crippen LogP contribution in [0.3, 0.4) is 0 Å². The maximum atomic E-state index is 5.49. The minimum atomic E-state index is 0.245. The molecule has 9 nitrogen and oxygen atoms in total. The van der Waals surface area contributed by atoms with Crippen molar-refractivity contribution >= 4 is 17.8 Å². The van der Waals surface area contributed by atoms with Gasteiger partial charge in [-0.1, -0.05) is 43.5 Å². The van der Waals surface area contributed by atoms with E-state index < -0.39 is 0 Å². The zero-order chi connectivity index (χ0) is 23.4. The van der Waals surface area contributed by atoms with Crippen molar-refractivity contribution in [2.24, 2.45) is 26.8 Å². The number of nitrogens with two attached hydrogens (primary N) is 2. The summed E-state index contributed by atoms with van der Waals surface area (Å²) < 4.78 is 0. The highest BCUT2D eigenvalue weighted by Gasteiger charge is 2.45. The summed E-state index contributed by atoms with van der Waals surface area (Å²) in [6, 6.07) is 7.95. The van der Waals surface area contributed by atoms with Crippen molar-refractivity contribution in [3.8, 4) is 0 Å². The fourth-order valence-corrected chi connectivity index (χ4v) is 4.45. The quantitative estimate of drug-likeness (QED) is 0.168. The molecule has 0 aliphatic carbocycles. The Labute approximate surface area is 194 Å². The minimum Gasteiger partial charge on any atom is -0.351 e. The molecule has 3 aliphatic heterocycles. The lowest BCUT2D eigenvalue weighted by Crippen LogP contribution is -2.51. The lowest BCUT2D eigenvalue weighted by atomic mass is 10.0. The first kappa shape index (κ1) is 22.3. The normalized spacial score (nSPS) is 20.7. The Morgan fingerprint density at radius 3 is 2.67 bits per heavy atom. The third-order valence-corrected chi connectivity index (χ3v) is 6.05. The van der Waals surface area contributed by atoms with Gasteiger partial charge in [-0.25, -0.2) is 15.8 Å². The molecule has 1 fully saturated rings. The van der Waals surface area contributed by atoms with E-state index in [1.54, 1.807) is 12.3 Å². The van der Waals surface area contributed by atoms with Crippen LogP contribution in [0.15, 0.2) is 87.8 Å². The Kier molecular flexibility index (Phi) is 6.60. The molecule has 3 aliphatic rings. The third-order valence-electron chi connectivity index (χ3n) is 6.05. The summed E-state index contributed by atoms with van der Waals surface area (Å²) in [6.45, 7) is 11.0. The molecule has 3 heterocycles. The Morgan fingerprint density at radius 2 is 2.06 bits per heavy atom. The highest BCUT2D eigenvalue weighted by molar-refractivity contribution is 6.03. The van der Waals surface area contributed by atoms with Crippen LogP contribution in [0, 0.1) is 0 Å². The fraction of sp³-hybridized carbons (Fsp3) is 0.292. The summed E-state index contributed by atoms with van der Waals surface area (Å²) in [6.07, 6.45) is 9.52. The van der Waals surface area contributed by atoms with Crippen molar-refractivity contribution in [3.05, 3.63) is 83.9 Å². The van der Waals surface area contributed by atoms with Gasteiger partial charge in [-0.3, -0.25) is 4.90 Å². The molecule has 172 valence electrons. The topological polar surface area (TPSA) is 120 Å². The van der Waals surface area contributed by atoms with E-state index >= 15 is 0 Å². The van der Waals surface area contributed by atoms with E-state index in [-0.39, 0.29) is 6.17 Å². The van der Waals surface area contributed by atoms with Crippen molar-refractivity contribution in [1.29, 1.82) is 0 Å². The van der Waals surface area contributed by atoms with Crippen LogP contribution in [0.25, 0.3) is 0 Å². The lowest BCUT2D eigenvalue weighted by Gasteiger charge is -2.43. The van der Waals surface area contributed by atoms with Gasteiger partial charge in [0, 0.05) is 24.7 Å².